The minimum Gasteiger partial charge on any atom is -0.378 e. The number of hydrogen-bond acceptors (Lipinski definition) is 1. The molecule has 2 fully saturated rings. The molecule has 0 aromatic heterocycles. The lowest BCUT2D eigenvalue weighted by Crippen LogP contribution is -2.25. The summed E-state index contributed by atoms with van der Waals surface area (Å²) < 4.78 is 50.9. The summed E-state index contributed by atoms with van der Waals surface area (Å²) in [6, 6.07) is 3.74. The first-order chi connectivity index (χ1) is 17.5. The lowest BCUT2D eigenvalue weighted by molar-refractivity contribution is 0.00808. The lowest BCUT2D eigenvalue weighted by atomic mass is 9.76. The maximum absolute atomic E-state index is 15.2. The third kappa shape index (κ3) is 6.97. The van der Waals surface area contributed by atoms with E-state index in [1.54, 1.807) is 6.08 Å². The smallest absolute Gasteiger partial charge is 0.162 e. The molecule has 3 aliphatic carbocycles. The highest BCUT2D eigenvalue weighted by atomic mass is 19.2. The van der Waals surface area contributed by atoms with Gasteiger partial charge >= 0.3 is 0 Å². The first kappa shape index (κ1) is 27.7. The van der Waals surface area contributed by atoms with Gasteiger partial charge in [-0.25, -0.2) is 13.2 Å². The van der Waals surface area contributed by atoms with Crippen LogP contribution in [0.1, 0.15) is 133 Å². The van der Waals surface area contributed by atoms with Crippen molar-refractivity contribution < 1.29 is 17.9 Å². The molecule has 0 N–H and O–H groups in total. The number of ether oxygens (including phenoxy) is 1. The van der Waals surface area contributed by atoms with Gasteiger partial charge in [-0.15, -0.1) is 0 Å². The fraction of sp³-hybridized carbons (Fsp3) is 0.750. The van der Waals surface area contributed by atoms with Crippen molar-refractivity contribution in [3.05, 3.63) is 46.8 Å². The number of rotatable bonds is 10. The van der Waals surface area contributed by atoms with Crippen LogP contribution in [-0.4, -0.2) is 12.7 Å². The van der Waals surface area contributed by atoms with Crippen molar-refractivity contribution in [2.24, 2.45) is 17.8 Å². The van der Waals surface area contributed by atoms with Crippen molar-refractivity contribution in [1.82, 2.24) is 0 Å². The molecule has 0 spiro atoms. The Hall–Kier alpha value is -1.29. The largest absolute Gasteiger partial charge is 0.378 e. The Morgan fingerprint density at radius 3 is 1.89 bits per heavy atom. The predicted molar refractivity (Wildman–Crippen MR) is 142 cm³/mol. The van der Waals surface area contributed by atoms with Gasteiger partial charge in [-0.1, -0.05) is 51.7 Å². The molecule has 2 atom stereocenters. The fourth-order valence-electron chi connectivity index (χ4n) is 7.04. The number of hydrogen-bond donors (Lipinski definition) is 0. The van der Waals surface area contributed by atoms with Gasteiger partial charge in [0.15, 0.2) is 11.6 Å². The topological polar surface area (TPSA) is 9.23 Å². The summed E-state index contributed by atoms with van der Waals surface area (Å²) in [4.78, 5) is 0. The number of allylic oxidation sites excluding steroid dienone is 1. The number of unbranched alkanes of at least 4 members (excludes halogenated alkanes) is 1. The van der Waals surface area contributed by atoms with E-state index < -0.39 is 11.6 Å². The van der Waals surface area contributed by atoms with E-state index in [0.717, 1.165) is 89.4 Å². The monoisotopic (exact) mass is 504 g/mol. The molecule has 2 unspecified atom stereocenters. The Kier molecular flexibility index (Phi) is 10.4. The van der Waals surface area contributed by atoms with Gasteiger partial charge in [0.25, 0.3) is 0 Å². The minimum absolute atomic E-state index is 0.0556. The van der Waals surface area contributed by atoms with E-state index in [2.05, 4.69) is 13.8 Å². The molecule has 4 rings (SSSR count). The first-order valence-corrected chi connectivity index (χ1v) is 15.0. The molecule has 0 heterocycles. The van der Waals surface area contributed by atoms with Crippen LogP contribution < -0.4 is 0 Å². The molecule has 3 aliphatic rings. The zero-order chi connectivity index (χ0) is 25.5. The maximum atomic E-state index is 15.2. The second-order valence-electron chi connectivity index (χ2n) is 11.9. The SMILES string of the molecule is CCCCC1CCC(COC2CCC(c3ccc(C4CCC(CCC)CC4)c(F)c3F)CC2)C=C1F. The van der Waals surface area contributed by atoms with Crippen LogP contribution in [0.15, 0.2) is 24.0 Å². The molecule has 36 heavy (non-hydrogen) atoms. The zero-order valence-electron chi connectivity index (χ0n) is 22.6. The van der Waals surface area contributed by atoms with Gasteiger partial charge in [-0.2, -0.15) is 0 Å². The molecule has 0 saturated heterocycles. The van der Waals surface area contributed by atoms with E-state index in [-0.39, 0.29) is 35.6 Å². The van der Waals surface area contributed by atoms with Crippen molar-refractivity contribution in [1.29, 1.82) is 0 Å². The average molecular weight is 505 g/mol. The Morgan fingerprint density at radius 2 is 1.33 bits per heavy atom. The molecule has 2 saturated carbocycles. The van der Waals surface area contributed by atoms with Crippen LogP contribution in [0.25, 0.3) is 0 Å². The van der Waals surface area contributed by atoms with Crippen molar-refractivity contribution in [3.8, 4) is 0 Å². The second-order valence-corrected chi connectivity index (χ2v) is 11.9. The van der Waals surface area contributed by atoms with Crippen molar-refractivity contribution >= 4 is 0 Å². The Bertz CT molecular complexity index is 849. The molecule has 1 aromatic rings. The van der Waals surface area contributed by atoms with Gasteiger partial charge in [0.05, 0.1) is 18.5 Å². The molecular weight excluding hydrogens is 457 g/mol. The molecule has 0 bridgehead atoms. The third-order valence-electron chi connectivity index (χ3n) is 9.36. The van der Waals surface area contributed by atoms with Crippen LogP contribution >= 0.6 is 0 Å². The zero-order valence-corrected chi connectivity index (χ0v) is 22.6. The van der Waals surface area contributed by atoms with Crippen molar-refractivity contribution in [3.63, 3.8) is 0 Å². The number of benzene rings is 1. The van der Waals surface area contributed by atoms with Gasteiger partial charge in [0, 0.05) is 11.8 Å². The quantitative estimate of drug-likeness (QED) is 0.308. The average Bonchev–Trinajstić information content (AvgIpc) is 2.90. The normalized spacial score (nSPS) is 31.3. The molecule has 0 radical (unpaired) electrons. The third-order valence-corrected chi connectivity index (χ3v) is 9.36. The Labute approximate surface area is 217 Å². The van der Waals surface area contributed by atoms with Crippen LogP contribution in [0.5, 0.6) is 0 Å². The maximum Gasteiger partial charge on any atom is 0.162 e. The van der Waals surface area contributed by atoms with E-state index in [1.165, 1.54) is 12.8 Å². The predicted octanol–water partition coefficient (Wildman–Crippen LogP) is 10.2. The molecule has 4 heteroatoms. The van der Waals surface area contributed by atoms with Gasteiger partial charge in [-0.05, 0) is 106 Å². The van der Waals surface area contributed by atoms with E-state index in [0.29, 0.717) is 17.7 Å². The van der Waals surface area contributed by atoms with Crippen molar-refractivity contribution in [2.75, 3.05) is 6.61 Å². The Balaban J connectivity index is 1.25. The van der Waals surface area contributed by atoms with Crippen LogP contribution in [-0.2, 0) is 4.74 Å². The van der Waals surface area contributed by atoms with Gasteiger partial charge in [-0.3, -0.25) is 0 Å². The highest BCUT2D eigenvalue weighted by Crippen LogP contribution is 2.42. The first-order valence-electron chi connectivity index (χ1n) is 15.0. The summed E-state index contributed by atoms with van der Waals surface area (Å²) in [7, 11) is 0. The van der Waals surface area contributed by atoms with E-state index >= 15 is 8.78 Å². The summed E-state index contributed by atoms with van der Waals surface area (Å²) >= 11 is 0. The number of halogens is 3. The molecule has 0 aliphatic heterocycles. The van der Waals surface area contributed by atoms with Crippen LogP contribution in [0, 0.1) is 29.4 Å². The molecular formula is C32H47F3O. The van der Waals surface area contributed by atoms with Gasteiger partial charge < -0.3 is 4.74 Å². The van der Waals surface area contributed by atoms with Crippen LogP contribution in [0.4, 0.5) is 13.2 Å². The summed E-state index contributed by atoms with van der Waals surface area (Å²) in [6.07, 6.45) is 17.0. The second kappa shape index (κ2) is 13.5. The fourth-order valence-corrected chi connectivity index (χ4v) is 7.04. The minimum atomic E-state index is -0.618. The van der Waals surface area contributed by atoms with E-state index in [1.807, 2.05) is 12.1 Å². The van der Waals surface area contributed by atoms with Crippen LogP contribution in [0.3, 0.4) is 0 Å². The van der Waals surface area contributed by atoms with Gasteiger partial charge in [0.2, 0.25) is 0 Å². The highest BCUT2D eigenvalue weighted by Gasteiger charge is 2.30. The van der Waals surface area contributed by atoms with Crippen LogP contribution in [0.2, 0.25) is 0 Å². The summed E-state index contributed by atoms with van der Waals surface area (Å²) in [5.74, 6) is 0.0763. The standard InChI is InChI=1S/C32H47F3O/c1-3-5-7-26-13-10-23(20-30(26)33)21-36-27-16-14-25(15-17-27)29-19-18-28(31(34)32(29)35)24-11-8-22(6-4-2)9-12-24/h18-20,22-27H,3-17,21H2,1-2H3. The molecule has 1 aromatic carbocycles. The summed E-state index contributed by atoms with van der Waals surface area (Å²) in [5.41, 5.74) is 1.14. The van der Waals surface area contributed by atoms with Crippen molar-refractivity contribution in [2.45, 2.75) is 128 Å². The van der Waals surface area contributed by atoms with Gasteiger partial charge in [0.1, 0.15) is 0 Å². The highest BCUT2D eigenvalue weighted by molar-refractivity contribution is 5.32. The van der Waals surface area contributed by atoms with E-state index in [9.17, 15) is 4.39 Å². The Morgan fingerprint density at radius 1 is 0.722 bits per heavy atom. The van der Waals surface area contributed by atoms with E-state index in [4.69, 9.17) is 4.74 Å². The summed E-state index contributed by atoms with van der Waals surface area (Å²) in [6.45, 7) is 4.94. The summed E-state index contributed by atoms with van der Waals surface area (Å²) in [5, 5.41) is 0. The lowest BCUT2D eigenvalue weighted by Gasteiger charge is -2.32. The molecule has 0 amide bonds. The molecule has 1 nitrogen and oxygen atoms in total. The molecule has 202 valence electrons.